The van der Waals surface area contributed by atoms with E-state index in [0.717, 1.165) is 34.4 Å². The van der Waals surface area contributed by atoms with E-state index in [1.54, 1.807) is 0 Å². The van der Waals surface area contributed by atoms with E-state index in [1.807, 2.05) is 26.0 Å². The molecule has 0 atom stereocenters. The van der Waals surface area contributed by atoms with E-state index in [1.165, 1.54) is 19.2 Å². The molecular weight excluding hydrogens is 368 g/mol. The maximum atomic E-state index is 11.1. The average molecular weight is 386 g/mol. The van der Waals surface area contributed by atoms with Crippen LogP contribution in [-0.4, -0.2) is 22.0 Å². The van der Waals surface area contributed by atoms with Gasteiger partial charge >= 0.3 is 11.7 Å². The molecule has 0 aromatic heterocycles. The van der Waals surface area contributed by atoms with Gasteiger partial charge in [0, 0.05) is 13.0 Å². The Balaban J connectivity index is 2.26. The van der Waals surface area contributed by atoms with E-state index in [-0.39, 0.29) is 24.0 Å². The molecule has 0 amide bonds. The Labute approximate surface area is 160 Å². The number of nitro benzene ring substituents is 2. The van der Waals surface area contributed by atoms with Crippen LogP contribution in [-0.2, 0) is 16.1 Å². The molecule has 0 saturated heterocycles. The number of rotatable bonds is 7. The summed E-state index contributed by atoms with van der Waals surface area (Å²) < 4.78 is 5.04. The van der Waals surface area contributed by atoms with Gasteiger partial charge in [-0.1, -0.05) is 17.7 Å². The number of ether oxygens (including phenoxy) is 1. The largest absolute Gasteiger partial charge is 0.461 e. The molecule has 10 nitrogen and oxygen atoms in total. The number of hydrogen-bond donors (Lipinski definition) is 1. The third-order valence-electron chi connectivity index (χ3n) is 3.91. The van der Waals surface area contributed by atoms with Crippen molar-refractivity contribution in [3.05, 3.63) is 72.8 Å². The zero-order valence-corrected chi connectivity index (χ0v) is 15.5. The van der Waals surface area contributed by atoms with E-state index >= 15 is 0 Å². The Morgan fingerprint density at radius 1 is 1.18 bits per heavy atom. The van der Waals surface area contributed by atoms with Crippen LogP contribution in [0.15, 0.2) is 35.4 Å². The minimum Gasteiger partial charge on any atom is -0.461 e. The Hall–Kier alpha value is -3.82. The first kappa shape index (κ1) is 20.5. The zero-order chi connectivity index (χ0) is 20.8. The molecule has 0 spiro atoms. The number of carbonyl (C=O) groups excluding carboxylic acids is 1. The third-order valence-corrected chi connectivity index (χ3v) is 3.91. The standard InChI is InChI=1S/C18H18N4O6/c1-11-6-14(12(2)15(7-11)10-28-13(3)23)9-19-20-17-5-4-16(21(24)25)8-18(17)22(26)27/h4-9,20H,10H2,1-3H3/b19-9+. The SMILES string of the molecule is CC(=O)OCc1cc(C)cc(/C=N/Nc2ccc([N+](=O)[O-])cc2[N+](=O)[O-])c1C. The van der Waals surface area contributed by atoms with Crippen LogP contribution in [0.25, 0.3) is 0 Å². The monoisotopic (exact) mass is 386 g/mol. The molecular formula is C18H18N4O6. The number of hydrazone groups is 1. The van der Waals surface area contributed by atoms with Crippen molar-refractivity contribution in [2.75, 3.05) is 5.43 Å². The first-order chi connectivity index (χ1) is 13.2. The van der Waals surface area contributed by atoms with Gasteiger partial charge in [-0.25, -0.2) is 0 Å². The first-order valence-electron chi connectivity index (χ1n) is 8.14. The second-order valence-electron chi connectivity index (χ2n) is 6.00. The van der Waals surface area contributed by atoms with Crippen molar-refractivity contribution in [1.29, 1.82) is 0 Å². The van der Waals surface area contributed by atoms with Crippen molar-refractivity contribution in [3.63, 3.8) is 0 Å². The van der Waals surface area contributed by atoms with Crippen molar-refractivity contribution < 1.29 is 19.4 Å². The van der Waals surface area contributed by atoms with Crippen LogP contribution in [0.1, 0.15) is 29.2 Å². The van der Waals surface area contributed by atoms with Gasteiger partial charge in [-0.15, -0.1) is 0 Å². The van der Waals surface area contributed by atoms with Crippen LogP contribution >= 0.6 is 0 Å². The number of nitro groups is 2. The van der Waals surface area contributed by atoms with E-state index in [0.29, 0.717) is 0 Å². The molecule has 0 aliphatic carbocycles. The maximum Gasteiger partial charge on any atom is 0.302 e. The van der Waals surface area contributed by atoms with Gasteiger partial charge in [-0.05, 0) is 36.6 Å². The molecule has 2 aromatic carbocycles. The van der Waals surface area contributed by atoms with Gasteiger partial charge in [-0.2, -0.15) is 5.10 Å². The molecule has 146 valence electrons. The predicted molar refractivity (Wildman–Crippen MR) is 102 cm³/mol. The molecule has 2 aromatic rings. The van der Waals surface area contributed by atoms with E-state index < -0.39 is 15.5 Å². The summed E-state index contributed by atoms with van der Waals surface area (Å²) in [6, 6.07) is 7.00. The Kier molecular flexibility index (Phi) is 6.38. The molecule has 10 heteroatoms. The van der Waals surface area contributed by atoms with Gasteiger partial charge in [0.05, 0.1) is 22.1 Å². The zero-order valence-electron chi connectivity index (χ0n) is 15.5. The lowest BCUT2D eigenvalue weighted by molar-refractivity contribution is -0.393. The number of nitrogens with one attached hydrogen (secondary N) is 1. The average Bonchev–Trinajstić information content (AvgIpc) is 2.62. The highest BCUT2D eigenvalue weighted by molar-refractivity contribution is 5.83. The summed E-state index contributed by atoms with van der Waals surface area (Å²) in [5.41, 5.74) is 5.05. The number of anilines is 1. The van der Waals surface area contributed by atoms with Crippen molar-refractivity contribution in [3.8, 4) is 0 Å². The summed E-state index contributed by atoms with van der Waals surface area (Å²) in [5.74, 6) is -0.386. The second-order valence-corrected chi connectivity index (χ2v) is 6.00. The van der Waals surface area contributed by atoms with Crippen molar-refractivity contribution in [2.24, 2.45) is 5.10 Å². The van der Waals surface area contributed by atoms with Gasteiger partial charge in [-0.3, -0.25) is 30.4 Å². The van der Waals surface area contributed by atoms with Crippen molar-refractivity contribution >= 4 is 29.2 Å². The molecule has 0 bridgehead atoms. The predicted octanol–water partition coefficient (Wildman–Crippen LogP) is 3.63. The molecule has 0 unspecified atom stereocenters. The summed E-state index contributed by atoms with van der Waals surface area (Å²) in [5, 5.41) is 25.9. The lowest BCUT2D eigenvalue weighted by Crippen LogP contribution is -2.04. The van der Waals surface area contributed by atoms with Gasteiger partial charge in [0.2, 0.25) is 0 Å². The van der Waals surface area contributed by atoms with Crippen LogP contribution in [0.2, 0.25) is 0 Å². The fourth-order valence-electron chi connectivity index (χ4n) is 2.48. The number of non-ortho nitro benzene ring substituents is 1. The normalized spacial score (nSPS) is 10.7. The highest BCUT2D eigenvalue weighted by Gasteiger charge is 2.19. The van der Waals surface area contributed by atoms with Crippen LogP contribution in [0.5, 0.6) is 0 Å². The van der Waals surface area contributed by atoms with Gasteiger partial charge in [0.1, 0.15) is 12.3 Å². The summed E-state index contributed by atoms with van der Waals surface area (Å²) in [7, 11) is 0. The van der Waals surface area contributed by atoms with E-state index in [9.17, 15) is 25.0 Å². The van der Waals surface area contributed by atoms with Gasteiger partial charge in [0.25, 0.3) is 5.69 Å². The smallest absolute Gasteiger partial charge is 0.302 e. The second kappa shape index (κ2) is 8.71. The molecule has 1 N–H and O–H groups in total. The molecule has 0 heterocycles. The van der Waals surface area contributed by atoms with Crippen LogP contribution in [0, 0.1) is 34.1 Å². The van der Waals surface area contributed by atoms with Crippen LogP contribution in [0.3, 0.4) is 0 Å². The highest BCUT2D eigenvalue weighted by Crippen LogP contribution is 2.29. The van der Waals surface area contributed by atoms with Gasteiger partial charge in [0.15, 0.2) is 0 Å². The Morgan fingerprint density at radius 3 is 2.50 bits per heavy atom. The number of hydrogen-bond acceptors (Lipinski definition) is 8. The van der Waals surface area contributed by atoms with Crippen molar-refractivity contribution in [1.82, 2.24) is 0 Å². The van der Waals surface area contributed by atoms with E-state index in [4.69, 9.17) is 4.74 Å². The quantitative estimate of drug-likeness (QED) is 0.332. The summed E-state index contributed by atoms with van der Waals surface area (Å²) in [4.78, 5) is 31.5. The summed E-state index contributed by atoms with van der Waals surface area (Å²) in [6.45, 7) is 5.18. The highest BCUT2D eigenvalue weighted by atomic mass is 16.6. The molecule has 0 aliphatic rings. The number of nitrogens with zero attached hydrogens (tertiary/aromatic N) is 3. The summed E-state index contributed by atoms with van der Waals surface area (Å²) in [6.07, 6.45) is 1.48. The Bertz CT molecular complexity index is 971. The van der Waals surface area contributed by atoms with E-state index in [2.05, 4.69) is 10.5 Å². The van der Waals surface area contributed by atoms with Crippen LogP contribution in [0.4, 0.5) is 17.1 Å². The lowest BCUT2D eigenvalue weighted by Gasteiger charge is -2.10. The number of carbonyl (C=O) groups is 1. The van der Waals surface area contributed by atoms with Crippen LogP contribution < -0.4 is 5.43 Å². The molecule has 0 fully saturated rings. The maximum absolute atomic E-state index is 11.1. The minimum absolute atomic E-state index is 0.0253. The van der Waals surface area contributed by atoms with Gasteiger partial charge < -0.3 is 4.74 Å². The number of esters is 1. The lowest BCUT2D eigenvalue weighted by atomic mass is 10.0. The number of aryl methyl sites for hydroxylation is 1. The fourth-order valence-corrected chi connectivity index (χ4v) is 2.48. The molecule has 0 aliphatic heterocycles. The molecule has 0 radical (unpaired) electrons. The number of benzene rings is 2. The van der Waals surface area contributed by atoms with Crippen molar-refractivity contribution in [2.45, 2.75) is 27.4 Å². The fraction of sp³-hybridized carbons (Fsp3) is 0.222. The third kappa shape index (κ3) is 5.10. The topological polar surface area (TPSA) is 137 Å². The molecule has 28 heavy (non-hydrogen) atoms. The summed E-state index contributed by atoms with van der Waals surface area (Å²) >= 11 is 0. The Morgan fingerprint density at radius 2 is 1.89 bits per heavy atom. The molecule has 2 rings (SSSR count). The first-order valence-corrected chi connectivity index (χ1v) is 8.14. The molecule has 0 saturated carbocycles. The minimum atomic E-state index is -0.722.